The van der Waals surface area contributed by atoms with E-state index < -0.39 is 0 Å². The van der Waals surface area contributed by atoms with E-state index >= 15 is 0 Å². The number of nitrogens with one attached hydrogen (secondary N) is 1. The van der Waals surface area contributed by atoms with Crippen LogP contribution in [0.1, 0.15) is 18.1 Å². The molecule has 0 saturated heterocycles. The normalized spacial score (nSPS) is 10.8. The van der Waals surface area contributed by atoms with Gasteiger partial charge >= 0.3 is 0 Å². The maximum atomic E-state index is 6.05. The van der Waals surface area contributed by atoms with Crippen molar-refractivity contribution in [3.63, 3.8) is 0 Å². The molecule has 0 unspecified atom stereocenters. The quantitative estimate of drug-likeness (QED) is 0.903. The molecular formula is C13H16ClN3. The van der Waals surface area contributed by atoms with Gasteiger partial charge in [-0.2, -0.15) is 5.10 Å². The van der Waals surface area contributed by atoms with E-state index in [2.05, 4.69) is 17.3 Å². The fourth-order valence-corrected chi connectivity index (χ4v) is 1.87. The van der Waals surface area contributed by atoms with Crippen LogP contribution < -0.4 is 5.32 Å². The van der Waals surface area contributed by atoms with Gasteiger partial charge in [0.1, 0.15) is 0 Å². The summed E-state index contributed by atoms with van der Waals surface area (Å²) in [5, 5.41) is 8.37. The lowest BCUT2D eigenvalue weighted by Crippen LogP contribution is -2.14. The number of halogens is 1. The molecule has 0 aliphatic heterocycles. The third-order valence-corrected chi connectivity index (χ3v) is 2.81. The Balaban J connectivity index is 2.39. The topological polar surface area (TPSA) is 29.9 Å². The van der Waals surface area contributed by atoms with Gasteiger partial charge in [0.05, 0.1) is 11.9 Å². The molecule has 0 aliphatic carbocycles. The maximum absolute atomic E-state index is 6.05. The Labute approximate surface area is 106 Å². The van der Waals surface area contributed by atoms with Crippen LogP contribution in [0.15, 0.2) is 30.6 Å². The summed E-state index contributed by atoms with van der Waals surface area (Å²) < 4.78 is 1.87. The van der Waals surface area contributed by atoms with Gasteiger partial charge in [0.2, 0.25) is 0 Å². The van der Waals surface area contributed by atoms with Crippen LogP contribution in [0.2, 0.25) is 5.02 Å². The molecule has 1 aromatic heterocycles. The minimum absolute atomic E-state index is 0.730. The van der Waals surface area contributed by atoms with Crippen LogP contribution >= 0.6 is 11.6 Å². The van der Waals surface area contributed by atoms with Gasteiger partial charge in [-0.25, -0.2) is 4.68 Å². The van der Waals surface area contributed by atoms with Gasteiger partial charge in [0.25, 0.3) is 0 Å². The second-order valence-electron chi connectivity index (χ2n) is 4.02. The van der Waals surface area contributed by atoms with E-state index in [-0.39, 0.29) is 0 Å². The molecule has 90 valence electrons. The van der Waals surface area contributed by atoms with Crippen LogP contribution in [0.5, 0.6) is 0 Å². The lowest BCUT2D eigenvalue weighted by molar-refractivity contribution is 0.717. The average Bonchev–Trinajstić information content (AvgIpc) is 2.74. The Morgan fingerprint density at radius 3 is 2.88 bits per heavy atom. The summed E-state index contributed by atoms with van der Waals surface area (Å²) in [7, 11) is 0. The first kappa shape index (κ1) is 12.1. The summed E-state index contributed by atoms with van der Waals surface area (Å²) in [5.41, 5.74) is 3.37. The number of hydrogen-bond donors (Lipinski definition) is 1. The second kappa shape index (κ2) is 5.34. The van der Waals surface area contributed by atoms with E-state index in [0.29, 0.717) is 0 Å². The third kappa shape index (κ3) is 2.87. The van der Waals surface area contributed by atoms with E-state index in [9.17, 15) is 0 Å². The van der Waals surface area contributed by atoms with Crippen molar-refractivity contribution in [3.8, 4) is 5.69 Å². The smallest absolute Gasteiger partial charge is 0.0705 e. The molecule has 0 saturated carbocycles. The highest BCUT2D eigenvalue weighted by Crippen LogP contribution is 2.20. The summed E-state index contributed by atoms with van der Waals surface area (Å²) in [6.45, 7) is 5.88. The fourth-order valence-electron chi connectivity index (χ4n) is 1.70. The lowest BCUT2D eigenvalue weighted by atomic mass is 10.1. The van der Waals surface area contributed by atoms with Gasteiger partial charge in [-0.15, -0.1) is 0 Å². The number of nitrogens with zero attached hydrogens (tertiary/aromatic N) is 2. The van der Waals surface area contributed by atoms with Gasteiger partial charge in [0.15, 0.2) is 0 Å². The first-order chi connectivity index (χ1) is 8.20. The number of rotatable bonds is 4. The van der Waals surface area contributed by atoms with Gasteiger partial charge in [-0.05, 0) is 36.7 Å². The van der Waals surface area contributed by atoms with Crippen molar-refractivity contribution in [3.05, 3.63) is 46.7 Å². The highest BCUT2D eigenvalue weighted by atomic mass is 35.5. The highest BCUT2D eigenvalue weighted by molar-refractivity contribution is 6.30. The minimum Gasteiger partial charge on any atom is -0.313 e. The van der Waals surface area contributed by atoms with Crippen LogP contribution in [-0.4, -0.2) is 16.3 Å². The van der Waals surface area contributed by atoms with Crippen LogP contribution in [0, 0.1) is 6.92 Å². The van der Waals surface area contributed by atoms with E-state index in [0.717, 1.165) is 29.4 Å². The molecule has 1 heterocycles. The zero-order chi connectivity index (χ0) is 12.3. The predicted molar refractivity (Wildman–Crippen MR) is 70.7 cm³/mol. The van der Waals surface area contributed by atoms with Crippen molar-refractivity contribution < 1.29 is 0 Å². The number of benzene rings is 1. The zero-order valence-corrected chi connectivity index (χ0v) is 10.8. The van der Waals surface area contributed by atoms with Crippen molar-refractivity contribution in [1.82, 2.24) is 15.1 Å². The molecule has 1 aromatic carbocycles. The highest BCUT2D eigenvalue weighted by Gasteiger charge is 2.06. The predicted octanol–water partition coefficient (Wildman–Crippen LogP) is 2.94. The maximum Gasteiger partial charge on any atom is 0.0705 e. The Bertz CT molecular complexity index is 505. The van der Waals surface area contributed by atoms with Gasteiger partial charge in [-0.3, -0.25) is 0 Å². The van der Waals surface area contributed by atoms with E-state index in [1.54, 1.807) is 0 Å². The molecule has 0 fully saturated rings. The molecule has 0 spiro atoms. The Morgan fingerprint density at radius 2 is 2.24 bits per heavy atom. The standard InChI is InChI=1S/C13H16ClN3/c1-3-15-8-11-4-5-12(14)6-13(11)17-9-10(2)7-16-17/h4-7,9,15H,3,8H2,1-2H3. The van der Waals surface area contributed by atoms with E-state index in [4.69, 9.17) is 11.6 Å². The van der Waals surface area contributed by atoms with Gasteiger partial charge in [0, 0.05) is 17.8 Å². The molecule has 17 heavy (non-hydrogen) atoms. The van der Waals surface area contributed by atoms with Crippen molar-refractivity contribution >= 4 is 11.6 Å². The number of aryl methyl sites for hydroxylation is 1. The van der Waals surface area contributed by atoms with Crippen LogP contribution in [-0.2, 0) is 6.54 Å². The molecule has 0 aliphatic rings. The van der Waals surface area contributed by atoms with Crippen molar-refractivity contribution in [2.24, 2.45) is 0 Å². The average molecular weight is 250 g/mol. The summed E-state index contributed by atoms with van der Waals surface area (Å²) in [6.07, 6.45) is 3.85. The molecule has 0 radical (unpaired) electrons. The lowest BCUT2D eigenvalue weighted by Gasteiger charge is -2.10. The number of hydrogen-bond acceptors (Lipinski definition) is 2. The summed E-state index contributed by atoms with van der Waals surface area (Å²) >= 11 is 6.05. The SMILES string of the molecule is CCNCc1ccc(Cl)cc1-n1cc(C)cn1. The monoisotopic (exact) mass is 249 g/mol. The molecular weight excluding hydrogens is 234 g/mol. The van der Waals surface area contributed by atoms with Crippen LogP contribution in [0.3, 0.4) is 0 Å². The Morgan fingerprint density at radius 1 is 1.41 bits per heavy atom. The van der Waals surface area contributed by atoms with E-state index in [1.807, 2.05) is 42.2 Å². The zero-order valence-electron chi connectivity index (χ0n) is 10.1. The Hall–Kier alpha value is -1.32. The Kier molecular flexibility index (Phi) is 3.82. The molecule has 4 heteroatoms. The summed E-state index contributed by atoms with van der Waals surface area (Å²) in [5.74, 6) is 0. The van der Waals surface area contributed by atoms with Crippen molar-refractivity contribution in [1.29, 1.82) is 0 Å². The molecule has 0 amide bonds. The van der Waals surface area contributed by atoms with Crippen molar-refractivity contribution in [2.45, 2.75) is 20.4 Å². The fraction of sp³-hybridized carbons (Fsp3) is 0.308. The summed E-state index contributed by atoms with van der Waals surface area (Å²) in [4.78, 5) is 0. The van der Waals surface area contributed by atoms with Crippen molar-refractivity contribution in [2.75, 3.05) is 6.54 Å². The van der Waals surface area contributed by atoms with Crippen LogP contribution in [0.4, 0.5) is 0 Å². The van der Waals surface area contributed by atoms with E-state index in [1.165, 1.54) is 5.56 Å². The first-order valence-corrected chi connectivity index (χ1v) is 6.09. The van der Waals surface area contributed by atoms with Crippen LogP contribution in [0.25, 0.3) is 5.69 Å². The largest absolute Gasteiger partial charge is 0.313 e. The second-order valence-corrected chi connectivity index (χ2v) is 4.45. The number of aromatic nitrogens is 2. The van der Waals surface area contributed by atoms with Gasteiger partial charge < -0.3 is 5.32 Å². The summed E-state index contributed by atoms with van der Waals surface area (Å²) in [6, 6.07) is 5.89. The molecule has 2 rings (SSSR count). The molecule has 0 atom stereocenters. The molecule has 3 nitrogen and oxygen atoms in total. The minimum atomic E-state index is 0.730. The van der Waals surface area contributed by atoms with Gasteiger partial charge in [-0.1, -0.05) is 24.6 Å². The molecule has 0 bridgehead atoms. The molecule has 1 N–H and O–H groups in total. The third-order valence-electron chi connectivity index (χ3n) is 2.57. The molecule has 2 aromatic rings. The first-order valence-electron chi connectivity index (χ1n) is 5.71.